The van der Waals surface area contributed by atoms with E-state index in [1.54, 1.807) is 4.90 Å². The second-order valence-electron chi connectivity index (χ2n) is 11.6. The number of hydrogen-bond acceptors (Lipinski definition) is 5. The number of pyridine rings is 1. The number of amides is 3. The molecular weight excluding hydrogens is 528 g/mol. The summed E-state index contributed by atoms with van der Waals surface area (Å²) in [5.74, 6) is 0.766. The largest absolute Gasteiger partial charge is 0.340 e. The van der Waals surface area contributed by atoms with Crippen molar-refractivity contribution in [2.75, 3.05) is 18.4 Å². The number of hydrogen-bond donors (Lipinski definition) is 2. The topological polar surface area (TPSA) is 111 Å². The molecule has 2 atom stereocenters. The zero-order valence-electron chi connectivity index (χ0n) is 24.3. The zero-order valence-corrected chi connectivity index (χ0v) is 24.3. The van der Waals surface area contributed by atoms with E-state index in [1.165, 1.54) is 6.92 Å². The van der Waals surface area contributed by atoms with Crippen LogP contribution in [0.5, 0.6) is 0 Å². The lowest BCUT2D eigenvalue weighted by Crippen LogP contribution is -2.42. The molecule has 0 aliphatic carbocycles. The highest BCUT2D eigenvalue weighted by Gasteiger charge is 2.33. The van der Waals surface area contributed by atoms with E-state index in [4.69, 9.17) is 4.98 Å². The first kappa shape index (κ1) is 27.6. The fraction of sp³-hybridized carbons (Fsp3) is 0.364. The lowest BCUT2D eigenvalue weighted by Gasteiger charge is -2.25. The molecule has 9 heteroatoms. The molecule has 0 radical (unpaired) electrons. The number of carbonyl (C=O) groups is 3. The van der Waals surface area contributed by atoms with Crippen molar-refractivity contribution in [1.82, 2.24) is 24.8 Å². The third-order valence-corrected chi connectivity index (χ3v) is 8.35. The van der Waals surface area contributed by atoms with Gasteiger partial charge in [0.25, 0.3) is 0 Å². The molecule has 4 aromatic rings. The number of fused-ring (bicyclic) bond motifs is 1. The number of nitrogens with one attached hydrogen (secondary N) is 2. The minimum absolute atomic E-state index is 0.00139. The summed E-state index contributed by atoms with van der Waals surface area (Å²) in [5.41, 5.74) is 5.31. The Balaban J connectivity index is 1.15. The van der Waals surface area contributed by atoms with E-state index in [2.05, 4.69) is 27.4 Å². The van der Waals surface area contributed by atoms with Crippen LogP contribution in [0.2, 0.25) is 0 Å². The van der Waals surface area contributed by atoms with E-state index < -0.39 is 6.04 Å². The zero-order chi connectivity index (χ0) is 29.4. The lowest BCUT2D eigenvalue weighted by atomic mass is 10.1. The third kappa shape index (κ3) is 5.38. The maximum Gasteiger partial charge on any atom is 0.247 e. The van der Waals surface area contributed by atoms with Crippen LogP contribution in [-0.4, -0.2) is 61.6 Å². The molecule has 0 saturated carbocycles. The van der Waals surface area contributed by atoms with Gasteiger partial charge in [-0.15, -0.1) is 0 Å². The van der Waals surface area contributed by atoms with Crippen LogP contribution in [0.3, 0.4) is 0 Å². The maximum atomic E-state index is 12.8. The Kier molecular flexibility index (Phi) is 7.49. The number of rotatable bonds is 6. The fourth-order valence-electron chi connectivity index (χ4n) is 6.13. The Morgan fingerprint density at radius 3 is 2.43 bits per heavy atom. The van der Waals surface area contributed by atoms with Gasteiger partial charge in [-0.1, -0.05) is 44.2 Å². The summed E-state index contributed by atoms with van der Waals surface area (Å²) in [4.78, 5) is 53.9. The summed E-state index contributed by atoms with van der Waals surface area (Å²) < 4.78 is 0. The van der Waals surface area contributed by atoms with Gasteiger partial charge in [0.15, 0.2) is 0 Å². The number of imidazole rings is 1. The van der Waals surface area contributed by atoms with E-state index in [9.17, 15) is 14.4 Å². The monoisotopic (exact) mass is 564 g/mol. The van der Waals surface area contributed by atoms with Gasteiger partial charge in [0.2, 0.25) is 17.7 Å². The average Bonchev–Trinajstić information content (AvgIpc) is 3.77. The van der Waals surface area contributed by atoms with E-state index in [-0.39, 0.29) is 29.7 Å². The SMILES string of the molecule is CC(=O)N1CCC[C@H]1C(=O)Nc1ccc2nc(-c3ccc(-c4cnc(C5CCCN5C(=O)C(C)C)[nH]4)cc3)ccc2c1. The lowest BCUT2D eigenvalue weighted by molar-refractivity contribution is -0.135. The number of H-pyrrole nitrogens is 1. The molecule has 2 aliphatic heterocycles. The van der Waals surface area contributed by atoms with Crippen molar-refractivity contribution >= 4 is 34.3 Å². The van der Waals surface area contributed by atoms with Crippen molar-refractivity contribution in [2.45, 2.75) is 58.5 Å². The fourth-order valence-corrected chi connectivity index (χ4v) is 6.13. The third-order valence-electron chi connectivity index (χ3n) is 8.35. The van der Waals surface area contributed by atoms with Crippen LogP contribution in [0.25, 0.3) is 33.4 Å². The molecule has 2 aliphatic rings. The molecular formula is C33H36N6O3. The molecule has 6 rings (SSSR count). The van der Waals surface area contributed by atoms with E-state index in [0.717, 1.165) is 65.0 Å². The molecule has 2 fully saturated rings. The molecule has 1 unspecified atom stereocenters. The number of aromatic nitrogens is 3. The summed E-state index contributed by atoms with van der Waals surface area (Å²) in [6.07, 6.45) is 5.28. The van der Waals surface area contributed by atoms with E-state index in [0.29, 0.717) is 18.7 Å². The maximum absolute atomic E-state index is 12.8. The van der Waals surface area contributed by atoms with Gasteiger partial charge in [-0.05, 0) is 55.5 Å². The predicted octanol–water partition coefficient (Wildman–Crippen LogP) is 5.56. The highest BCUT2D eigenvalue weighted by molar-refractivity contribution is 5.99. The van der Waals surface area contributed by atoms with Crippen molar-refractivity contribution in [3.8, 4) is 22.5 Å². The first-order valence-corrected chi connectivity index (χ1v) is 14.7. The Morgan fingerprint density at radius 2 is 1.67 bits per heavy atom. The minimum atomic E-state index is -0.415. The van der Waals surface area contributed by atoms with Crippen molar-refractivity contribution in [3.05, 3.63) is 66.6 Å². The highest BCUT2D eigenvalue weighted by Crippen LogP contribution is 2.33. The van der Waals surface area contributed by atoms with Gasteiger partial charge in [0.05, 0.1) is 29.1 Å². The normalized spacial score (nSPS) is 18.7. The van der Waals surface area contributed by atoms with Crippen molar-refractivity contribution < 1.29 is 14.4 Å². The molecule has 2 saturated heterocycles. The van der Waals surface area contributed by atoms with Crippen molar-refractivity contribution in [3.63, 3.8) is 0 Å². The van der Waals surface area contributed by atoms with Crippen LogP contribution >= 0.6 is 0 Å². The number of benzene rings is 2. The van der Waals surface area contributed by atoms with Crippen molar-refractivity contribution in [2.24, 2.45) is 5.92 Å². The molecule has 216 valence electrons. The first-order valence-electron chi connectivity index (χ1n) is 14.7. The number of anilines is 1. The summed E-state index contributed by atoms with van der Waals surface area (Å²) in [6, 6.07) is 17.4. The average molecular weight is 565 g/mol. The van der Waals surface area contributed by atoms with E-state index in [1.807, 2.05) is 67.4 Å². The number of aromatic amines is 1. The van der Waals surface area contributed by atoms with Crippen LogP contribution in [0.4, 0.5) is 5.69 Å². The molecule has 3 amide bonds. The van der Waals surface area contributed by atoms with Gasteiger partial charge in [-0.2, -0.15) is 0 Å². The van der Waals surface area contributed by atoms with E-state index >= 15 is 0 Å². The first-order chi connectivity index (χ1) is 20.3. The Hall–Kier alpha value is -4.53. The molecule has 2 aromatic carbocycles. The van der Waals surface area contributed by atoms with Gasteiger partial charge in [0, 0.05) is 42.6 Å². The van der Waals surface area contributed by atoms with Crippen LogP contribution in [0.15, 0.2) is 60.8 Å². The molecule has 0 bridgehead atoms. The van der Waals surface area contributed by atoms with Crippen LogP contribution < -0.4 is 5.32 Å². The number of carbonyl (C=O) groups excluding carboxylic acids is 3. The smallest absolute Gasteiger partial charge is 0.247 e. The minimum Gasteiger partial charge on any atom is -0.340 e. The van der Waals surface area contributed by atoms with Crippen LogP contribution in [0, 0.1) is 5.92 Å². The van der Waals surface area contributed by atoms with Crippen molar-refractivity contribution in [1.29, 1.82) is 0 Å². The Morgan fingerprint density at radius 1 is 0.929 bits per heavy atom. The van der Waals surface area contributed by atoms with Crippen LogP contribution in [-0.2, 0) is 14.4 Å². The second kappa shape index (κ2) is 11.4. The second-order valence-corrected chi connectivity index (χ2v) is 11.6. The quantitative estimate of drug-likeness (QED) is 0.319. The molecule has 0 spiro atoms. The number of nitrogens with zero attached hydrogens (tertiary/aromatic N) is 4. The molecule has 42 heavy (non-hydrogen) atoms. The highest BCUT2D eigenvalue weighted by atomic mass is 16.2. The standard InChI is InChI=1S/C33H36N6O3/c1-20(2)33(42)39-17-4-6-29(39)31-34-19-28(37-31)23-10-8-22(9-11-23)26-14-12-24-18-25(13-15-27(24)36-26)35-32(41)30-7-5-16-38(30)21(3)40/h8-15,18-20,29-30H,4-7,16-17H2,1-3H3,(H,34,37)(H,35,41)/t29?,30-/m0/s1. The molecule has 2 N–H and O–H groups in total. The van der Waals surface area contributed by atoms with Gasteiger partial charge in [0.1, 0.15) is 11.9 Å². The molecule has 4 heterocycles. The van der Waals surface area contributed by atoms with Crippen LogP contribution in [0.1, 0.15) is 58.3 Å². The molecule has 2 aromatic heterocycles. The van der Waals surface area contributed by atoms with Gasteiger partial charge in [-0.25, -0.2) is 9.97 Å². The molecule has 9 nitrogen and oxygen atoms in total. The van der Waals surface area contributed by atoms with Gasteiger partial charge in [-0.3, -0.25) is 14.4 Å². The summed E-state index contributed by atoms with van der Waals surface area (Å²) in [5, 5.41) is 3.89. The Bertz CT molecular complexity index is 1640. The Labute approximate surface area is 245 Å². The summed E-state index contributed by atoms with van der Waals surface area (Å²) in [6.45, 7) is 6.80. The summed E-state index contributed by atoms with van der Waals surface area (Å²) in [7, 11) is 0. The van der Waals surface area contributed by atoms with Gasteiger partial charge < -0.3 is 20.1 Å². The summed E-state index contributed by atoms with van der Waals surface area (Å²) >= 11 is 0. The van der Waals surface area contributed by atoms with Gasteiger partial charge >= 0.3 is 0 Å². The predicted molar refractivity (Wildman–Crippen MR) is 162 cm³/mol. The number of likely N-dealkylation sites (tertiary alicyclic amines) is 2.